The molecule has 4 aromatic rings. The van der Waals surface area contributed by atoms with Gasteiger partial charge in [0.05, 0.1) is 33.0 Å². The van der Waals surface area contributed by atoms with E-state index in [0.29, 0.717) is 34.9 Å². The van der Waals surface area contributed by atoms with Crippen LogP contribution in [0.2, 0.25) is 10.0 Å². The van der Waals surface area contributed by atoms with Crippen molar-refractivity contribution in [2.45, 2.75) is 26.4 Å². The van der Waals surface area contributed by atoms with Gasteiger partial charge in [0.1, 0.15) is 27.4 Å². The van der Waals surface area contributed by atoms with Gasteiger partial charge in [-0.3, -0.25) is 19.4 Å². The van der Waals surface area contributed by atoms with Gasteiger partial charge in [0.2, 0.25) is 17.8 Å². The third kappa shape index (κ3) is 7.24. The van der Waals surface area contributed by atoms with Crippen molar-refractivity contribution in [2.24, 2.45) is 0 Å². The molecule has 0 atom stereocenters. The summed E-state index contributed by atoms with van der Waals surface area (Å²) in [6.07, 6.45) is 3.12. The standard InChI is InChI=1S/C33H31Cl2N7O5/c1-5-26(43)37-21-10-12-22(13-11-21)39-32-36-16-20-18-41(30-28(34)24(46-3)15-25(47-4)29(30)35)33(45)42(31(20)40-32)17-19-8-7-9-23(14-19)38-27(44)6-2/h5,7-16H,1,6,17-18H2,2-4H3,(H,37,43)(H,38,44)(H,36,39,40). The van der Waals surface area contributed by atoms with E-state index < -0.39 is 6.03 Å². The normalized spacial score (nSPS) is 12.2. The smallest absolute Gasteiger partial charge is 0.330 e. The Morgan fingerprint density at radius 1 is 0.979 bits per heavy atom. The molecule has 0 fully saturated rings. The minimum Gasteiger partial charge on any atom is -0.495 e. The Labute approximate surface area is 281 Å². The van der Waals surface area contributed by atoms with Crippen molar-refractivity contribution in [2.75, 3.05) is 40.0 Å². The van der Waals surface area contributed by atoms with E-state index in [1.807, 2.05) is 6.07 Å². The lowest BCUT2D eigenvalue weighted by molar-refractivity contribution is -0.116. The number of carbonyl (C=O) groups is 3. The average molecular weight is 677 g/mol. The number of benzene rings is 3. The number of methoxy groups -OCH3 is 2. The summed E-state index contributed by atoms with van der Waals surface area (Å²) in [5, 5.41) is 8.95. The van der Waals surface area contributed by atoms with Crippen molar-refractivity contribution >= 4 is 75.6 Å². The third-order valence-electron chi connectivity index (χ3n) is 7.17. The number of nitrogens with zero attached hydrogens (tertiary/aromatic N) is 4. The molecule has 1 aromatic heterocycles. The molecular weight excluding hydrogens is 645 g/mol. The summed E-state index contributed by atoms with van der Waals surface area (Å²) < 4.78 is 10.9. The van der Waals surface area contributed by atoms with Gasteiger partial charge in [-0.1, -0.05) is 48.8 Å². The Hall–Kier alpha value is -5.33. The predicted octanol–water partition coefficient (Wildman–Crippen LogP) is 7.16. The first-order valence-electron chi connectivity index (χ1n) is 14.4. The summed E-state index contributed by atoms with van der Waals surface area (Å²) >= 11 is 13.5. The van der Waals surface area contributed by atoms with E-state index in [1.165, 1.54) is 30.1 Å². The second-order valence-corrected chi connectivity index (χ2v) is 11.0. The fraction of sp³-hybridized carbons (Fsp3) is 0.182. The molecule has 3 N–H and O–H groups in total. The number of carbonyl (C=O) groups excluding carboxylic acids is 3. The van der Waals surface area contributed by atoms with Crippen LogP contribution in [0.25, 0.3) is 0 Å². The lowest BCUT2D eigenvalue weighted by Gasteiger charge is -2.37. The molecule has 14 heteroatoms. The molecule has 0 saturated carbocycles. The first kappa shape index (κ1) is 33.0. The Balaban J connectivity index is 1.54. The number of hydrogen-bond donors (Lipinski definition) is 3. The summed E-state index contributed by atoms with van der Waals surface area (Å²) in [6.45, 7) is 5.35. The predicted molar refractivity (Wildman–Crippen MR) is 183 cm³/mol. The molecule has 242 valence electrons. The van der Waals surface area contributed by atoms with E-state index in [2.05, 4.69) is 27.5 Å². The molecule has 5 rings (SSSR count). The molecule has 0 aliphatic carbocycles. The summed E-state index contributed by atoms with van der Waals surface area (Å²) in [5.41, 5.74) is 3.39. The highest BCUT2D eigenvalue weighted by molar-refractivity contribution is 6.42. The van der Waals surface area contributed by atoms with Gasteiger partial charge in [0, 0.05) is 41.3 Å². The van der Waals surface area contributed by atoms with Crippen molar-refractivity contribution in [3.05, 3.63) is 94.6 Å². The third-order valence-corrected chi connectivity index (χ3v) is 7.91. The second-order valence-electron chi connectivity index (χ2n) is 10.3. The van der Waals surface area contributed by atoms with Crippen LogP contribution < -0.4 is 35.2 Å². The number of amides is 4. The quantitative estimate of drug-likeness (QED) is 0.142. The molecule has 3 aromatic carbocycles. The summed E-state index contributed by atoms with van der Waals surface area (Å²) in [4.78, 5) is 50.2. The highest BCUT2D eigenvalue weighted by Gasteiger charge is 2.37. The van der Waals surface area contributed by atoms with E-state index in [-0.39, 0.29) is 58.1 Å². The van der Waals surface area contributed by atoms with E-state index in [0.717, 1.165) is 5.56 Å². The highest BCUT2D eigenvalue weighted by atomic mass is 35.5. The lowest BCUT2D eigenvalue weighted by atomic mass is 10.1. The monoisotopic (exact) mass is 675 g/mol. The van der Waals surface area contributed by atoms with Gasteiger partial charge in [0.15, 0.2) is 0 Å². The van der Waals surface area contributed by atoms with Gasteiger partial charge < -0.3 is 25.4 Å². The molecule has 0 saturated heterocycles. The molecule has 4 amide bonds. The average Bonchev–Trinajstić information content (AvgIpc) is 3.07. The van der Waals surface area contributed by atoms with Crippen molar-refractivity contribution in [1.82, 2.24) is 9.97 Å². The minimum atomic E-state index is -0.466. The SMILES string of the molecule is C=CC(=O)Nc1ccc(Nc2ncc3c(n2)N(Cc2cccc(NC(=O)CC)c2)C(=O)N(c2c(Cl)c(OC)cc(OC)c2Cl)C3)cc1. The Bertz CT molecular complexity index is 1820. The largest absolute Gasteiger partial charge is 0.495 e. The van der Waals surface area contributed by atoms with Gasteiger partial charge >= 0.3 is 6.03 Å². The van der Waals surface area contributed by atoms with Gasteiger partial charge in [-0.2, -0.15) is 4.98 Å². The maximum absolute atomic E-state index is 14.4. The summed E-state index contributed by atoms with van der Waals surface area (Å²) in [5.74, 6) is 0.695. The number of fused-ring (bicyclic) bond motifs is 1. The van der Waals surface area contributed by atoms with Crippen molar-refractivity contribution in [3.63, 3.8) is 0 Å². The summed E-state index contributed by atoms with van der Waals surface area (Å²) in [7, 11) is 2.91. The van der Waals surface area contributed by atoms with Crippen LogP contribution in [0.5, 0.6) is 11.5 Å². The molecule has 1 aliphatic rings. The van der Waals surface area contributed by atoms with Crippen LogP contribution in [0, 0.1) is 0 Å². The van der Waals surface area contributed by atoms with E-state index in [1.54, 1.807) is 61.7 Å². The van der Waals surface area contributed by atoms with Gasteiger partial charge in [-0.25, -0.2) is 9.78 Å². The maximum Gasteiger partial charge on any atom is 0.330 e. The number of nitrogens with one attached hydrogen (secondary N) is 3. The number of aromatic nitrogens is 2. The van der Waals surface area contributed by atoms with E-state index in [4.69, 9.17) is 37.7 Å². The zero-order chi connectivity index (χ0) is 33.7. The Morgan fingerprint density at radius 3 is 2.30 bits per heavy atom. The van der Waals surface area contributed by atoms with Crippen LogP contribution in [0.4, 0.5) is 39.3 Å². The number of anilines is 6. The number of ether oxygens (including phenoxy) is 2. The number of halogens is 2. The zero-order valence-electron chi connectivity index (χ0n) is 25.8. The zero-order valence-corrected chi connectivity index (χ0v) is 27.3. The topological polar surface area (TPSA) is 138 Å². The van der Waals surface area contributed by atoms with Gasteiger partial charge in [-0.05, 0) is 48.0 Å². The molecule has 0 unspecified atom stereocenters. The van der Waals surface area contributed by atoms with Crippen molar-refractivity contribution in [3.8, 4) is 11.5 Å². The number of rotatable bonds is 11. The fourth-order valence-electron chi connectivity index (χ4n) is 4.84. The molecule has 0 spiro atoms. The van der Waals surface area contributed by atoms with Crippen molar-refractivity contribution < 1.29 is 23.9 Å². The van der Waals surface area contributed by atoms with Crippen LogP contribution in [0.3, 0.4) is 0 Å². The molecule has 1 aliphatic heterocycles. The molecular formula is C33H31Cl2N7O5. The number of urea groups is 1. The lowest BCUT2D eigenvalue weighted by Crippen LogP contribution is -2.48. The van der Waals surface area contributed by atoms with Crippen LogP contribution in [-0.2, 0) is 22.7 Å². The second kappa shape index (κ2) is 14.4. The molecule has 0 radical (unpaired) electrons. The fourth-order valence-corrected chi connectivity index (χ4v) is 5.55. The highest BCUT2D eigenvalue weighted by Crippen LogP contribution is 2.48. The molecule has 12 nitrogen and oxygen atoms in total. The Morgan fingerprint density at radius 2 is 1.66 bits per heavy atom. The van der Waals surface area contributed by atoms with Crippen molar-refractivity contribution in [1.29, 1.82) is 0 Å². The first-order chi connectivity index (χ1) is 22.6. The van der Waals surface area contributed by atoms with E-state index >= 15 is 0 Å². The van der Waals surface area contributed by atoms with Crippen LogP contribution >= 0.6 is 23.2 Å². The molecule has 2 heterocycles. The molecule has 47 heavy (non-hydrogen) atoms. The molecule has 0 bridgehead atoms. The van der Waals surface area contributed by atoms with Crippen LogP contribution in [0.1, 0.15) is 24.5 Å². The number of hydrogen-bond acceptors (Lipinski definition) is 8. The maximum atomic E-state index is 14.4. The van der Waals surface area contributed by atoms with Crippen LogP contribution in [0.15, 0.2) is 73.4 Å². The summed E-state index contributed by atoms with van der Waals surface area (Å²) in [6, 6.07) is 15.2. The minimum absolute atomic E-state index is 0.0466. The first-order valence-corrected chi connectivity index (χ1v) is 15.2. The Kier molecular flexibility index (Phi) is 10.1. The van der Waals surface area contributed by atoms with Gasteiger partial charge in [-0.15, -0.1) is 0 Å². The van der Waals surface area contributed by atoms with Crippen LogP contribution in [-0.4, -0.2) is 42.0 Å². The van der Waals surface area contributed by atoms with E-state index in [9.17, 15) is 14.4 Å². The van der Waals surface area contributed by atoms with Gasteiger partial charge in [0.25, 0.3) is 0 Å².